The van der Waals surface area contributed by atoms with E-state index >= 15 is 0 Å². The van der Waals surface area contributed by atoms with Gasteiger partial charge in [0.2, 0.25) is 0 Å². The summed E-state index contributed by atoms with van der Waals surface area (Å²) in [5.41, 5.74) is 0.839. The molecule has 0 heterocycles. The molecule has 0 bridgehead atoms. The molecule has 0 amide bonds. The molecule has 1 heteroatoms. The Bertz CT molecular complexity index is 226. The van der Waals surface area contributed by atoms with Crippen molar-refractivity contribution in [1.29, 1.82) is 0 Å². The second-order valence-corrected chi connectivity index (χ2v) is 6.54. The average molecular weight is 201 g/mol. The highest BCUT2D eigenvalue weighted by Crippen LogP contribution is 2.66. The van der Waals surface area contributed by atoms with Crippen LogP contribution in [0.5, 0.6) is 0 Å². The number of rotatable bonds is 1. The van der Waals surface area contributed by atoms with Crippen LogP contribution in [0.1, 0.15) is 41.5 Å². The maximum Gasteiger partial charge on any atom is 0.0113 e. The van der Waals surface area contributed by atoms with Gasteiger partial charge >= 0.3 is 0 Å². The van der Waals surface area contributed by atoms with Crippen LogP contribution in [0.3, 0.4) is 0 Å². The molecule has 0 saturated heterocycles. The predicted molar refractivity (Wildman–Crippen MR) is 59.8 cm³/mol. The molecule has 0 spiro atoms. The molecule has 1 aliphatic carbocycles. The van der Waals surface area contributed by atoms with Crippen molar-refractivity contribution in [3.63, 3.8) is 0 Å². The van der Waals surface area contributed by atoms with Gasteiger partial charge in [0.1, 0.15) is 0 Å². The van der Waals surface area contributed by atoms with Gasteiger partial charge in [-0.05, 0) is 29.6 Å². The van der Waals surface area contributed by atoms with Crippen LogP contribution < -0.4 is 0 Å². The van der Waals surface area contributed by atoms with Crippen molar-refractivity contribution in [2.24, 2.45) is 22.7 Å². The molecular formula is C12H21Cl. The molecule has 0 radical (unpaired) electrons. The molecule has 13 heavy (non-hydrogen) atoms. The third-order valence-electron chi connectivity index (χ3n) is 3.25. The van der Waals surface area contributed by atoms with Gasteiger partial charge in [-0.3, -0.25) is 0 Å². The van der Waals surface area contributed by atoms with Crippen LogP contribution >= 0.6 is 11.6 Å². The van der Waals surface area contributed by atoms with Crippen molar-refractivity contribution in [2.45, 2.75) is 41.5 Å². The Morgan fingerprint density at radius 2 is 1.77 bits per heavy atom. The van der Waals surface area contributed by atoms with Crippen molar-refractivity contribution in [3.8, 4) is 0 Å². The average Bonchev–Trinajstić information content (AvgIpc) is 2.29. The van der Waals surface area contributed by atoms with Crippen molar-refractivity contribution in [3.05, 3.63) is 11.1 Å². The molecule has 1 aliphatic rings. The van der Waals surface area contributed by atoms with E-state index in [1.165, 1.54) is 0 Å². The van der Waals surface area contributed by atoms with E-state index in [2.05, 4.69) is 40.7 Å². The van der Waals surface area contributed by atoms with Gasteiger partial charge in [0, 0.05) is 5.03 Å². The predicted octanol–water partition coefficient (Wildman–Crippen LogP) is 4.45. The Balaban J connectivity index is 2.79. The minimum Gasteiger partial charge on any atom is -0.0898 e. The van der Waals surface area contributed by atoms with E-state index in [4.69, 9.17) is 11.6 Å². The van der Waals surface area contributed by atoms with Crippen LogP contribution in [0.15, 0.2) is 11.1 Å². The van der Waals surface area contributed by atoms with Gasteiger partial charge in [-0.15, -0.1) is 0 Å². The summed E-state index contributed by atoms with van der Waals surface area (Å²) >= 11 is 5.92. The molecule has 0 aromatic carbocycles. The topological polar surface area (TPSA) is 0 Å². The Kier molecular flexibility index (Phi) is 2.58. The highest BCUT2D eigenvalue weighted by atomic mass is 35.5. The maximum absolute atomic E-state index is 5.92. The van der Waals surface area contributed by atoms with Gasteiger partial charge in [0.25, 0.3) is 0 Å². The minimum absolute atomic E-state index is 0.400. The lowest BCUT2D eigenvalue weighted by atomic mass is 9.85. The monoisotopic (exact) mass is 200 g/mol. The standard InChI is InChI=1S/C12H21Cl/c1-8(13)7-9-10(11(2,3)4)12(9,5)6/h7,9-10H,1-6H3/b8-7-. The molecule has 2 atom stereocenters. The van der Waals surface area contributed by atoms with E-state index in [9.17, 15) is 0 Å². The van der Waals surface area contributed by atoms with Crippen LogP contribution in [0.25, 0.3) is 0 Å². The van der Waals surface area contributed by atoms with Gasteiger partial charge in [-0.2, -0.15) is 0 Å². The van der Waals surface area contributed by atoms with Crippen molar-refractivity contribution in [1.82, 2.24) is 0 Å². The first-order chi connectivity index (χ1) is 5.67. The zero-order valence-electron chi connectivity index (χ0n) is 9.61. The van der Waals surface area contributed by atoms with E-state index < -0.39 is 0 Å². The van der Waals surface area contributed by atoms with E-state index in [0.717, 1.165) is 11.0 Å². The van der Waals surface area contributed by atoms with E-state index in [1.54, 1.807) is 0 Å². The fourth-order valence-electron chi connectivity index (χ4n) is 2.89. The molecule has 0 aromatic heterocycles. The molecule has 2 unspecified atom stereocenters. The quantitative estimate of drug-likeness (QED) is 0.587. The van der Waals surface area contributed by atoms with Crippen LogP contribution in [0.4, 0.5) is 0 Å². The molecule has 0 nitrogen and oxygen atoms in total. The van der Waals surface area contributed by atoms with E-state index in [0.29, 0.717) is 16.7 Å². The fourth-order valence-corrected chi connectivity index (χ4v) is 3.03. The van der Waals surface area contributed by atoms with Crippen LogP contribution in [-0.4, -0.2) is 0 Å². The third kappa shape index (κ3) is 2.10. The first-order valence-electron chi connectivity index (χ1n) is 5.01. The van der Waals surface area contributed by atoms with Crippen LogP contribution in [0, 0.1) is 22.7 Å². The molecule has 1 fully saturated rings. The lowest BCUT2D eigenvalue weighted by molar-refractivity contribution is 0.298. The zero-order valence-corrected chi connectivity index (χ0v) is 10.4. The van der Waals surface area contributed by atoms with Gasteiger partial charge in [0.05, 0.1) is 0 Å². The zero-order chi connectivity index (χ0) is 10.4. The van der Waals surface area contributed by atoms with Gasteiger partial charge < -0.3 is 0 Å². The molecule has 0 aromatic rings. The van der Waals surface area contributed by atoms with Crippen molar-refractivity contribution < 1.29 is 0 Å². The van der Waals surface area contributed by atoms with Gasteiger partial charge in [-0.25, -0.2) is 0 Å². The highest BCUT2D eigenvalue weighted by Gasteiger charge is 2.60. The number of halogens is 1. The Labute approximate surface area is 87.4 Å². The molecular weight excluding hydrogens is 180 g/mol. The number of hydrogen-bond donors (Lipinski definition) is 0. The largest absolute Gasteiger partial charge is 0.0898 e. The number of allylic oxidation sites excluding steroid dienone is 2. The normalized spacial score (nSPS) is 33.3. The van der Waals surface area contributed by atoms with Crippen LogP contribution in [0.2, 0.25) is 0 Å². The number of hydrogen-bond acceptors (Lipinski definition) is 0. The first kappa shape index (κ1) is 11.1. The summed E-state index contributed by atoms with van der Waals surface area (Å²) in [5.74, 6) is 1.44. The minimum atomic E-state index is 0.400. The molecule has 0 aliphatic heterocycles. The molecule has 1 rings (SSSR count). The Morgan fingerprint density at radius 3 is 2.00 bits per heavy atom. The second kappa shape index (κ2) is 3.02. The fraction of sp³-hybridized carbons (Fsp3) is 0.833. The summed E-state index contributed by atoms with van der Waals surface area (Å²) in [6.07, 6.45) is 2.22. The van der Waals surface area contributed by atoms with Gasteiger partial charge in [-0.1, -0.05) is 52.3 Å². The van der Waals surface area contributed by atoms with Gasteiger partial charge in [0.15, 0.2) is 0 Å². The molecule has 0 N–H and O–H groups in total. The summed E-state index contributed by atoms with van der Waals surface area (Å²) < 4.78 is 0. The summed E-state index contributed by atoms with van der Waals surface area (Å²) in [6.45, 7) is 13.6. The summed E-state index contributed by atoms with van der Waals surface area (Å²) in [4.78, 5) is 0. The highest BCUT2D eigenvalue weighted by molar-refractivity contribution is 6.29. The Morgan fingerprint density at radius 1 is 1.31 bits per heavy atom. The van der Waals surface area contributed by atoms with Crippen molar-refractivity contribution >= 4 is 11.6 Å². The SMILES string of the molecule is C/C(Cl)=C/C1C(C(C)(C)C)C1(C)C. The molecule has 1 saturated carbocycles. The van der Waals surface area contributed by atoms with Crippen molar-refractivity contribution in [2.75, 3.05) is 0 Å². The second-order valence-electron chi connectivity index (χ2n) is 5.94. The third-order valence-corrected chi connectivity index (χ3v) is 3.38. The van der Waals surface area contributed by atoms with Crippen LogP contribution in [-0.2, 0) is 0 Å². The summed E-state index contributed by atoms with van der Waals surface area (Å²) in [5, 5.41) is 0.935. The van der Waals surface area contributed by atoms with E-state index in [-0.39, 0.29) is 0 Å². The molecule has 76 valence electrons. The smallest absolute Gasteiger partial charge is 0.0113 e. The maximum atomic E-state index is 5.92. The lowest BCUT2D eigenvalue weighted by Gasteiger charge is -2.20. The Hall–Kier alpha value is 0.0300. The summed E-state index contributed by atoms with van der Waals surface area (Å²) in [7, 11) is 0. The summed E-state index contributed by atoms with van der Waals surface area (Å²) in [6, 6.07) is 0. The van der Waals surface area contributed by atoms with E-state index in [1.807, 2.05) is 6.92 Å². The first-order valence-corrected chi connectivity index (χ1v) is 5.39. The lowest BCUT2D eigenvalue weighted by Crippen LogP contribution is -2.12.